The fourth-order valence-electron chi connectivity index (χ4n) is 2.48. The highest BCUT2D eigenvalue weighted by molar-refractivity contribution is 6.03. The predicted molar refractivity (Wildman–Crippen MR) is 70.2 cm³/mol. The molecule has 1 aliphatic carbocycles. The first-order chi connectivity index (χ1) is 8.54. The molecule has 98 valence electrons. The summed E-state index contributed by atoms with van der Waals surface area (Å²) in [6.45, 7) is 3.91. The Morgan fingerprint density at radius 2 is 1.94 bits per heavy atom. The zero-order chi connectivity index (χ0) is 13.3. The van der Waals surface area contributed by atoms with Crippen molar-refractivity contribution in [3.05, 3.63) is 28.8 Å². The summed E-state index contributed by atoms with van der Waals surface area (Å²) in [6.07, 6.45) is 2.57. The van der Waals surface area contributed by atoms with E-state index in [0.717, 1.165) is 30.4 Å². The Morgan fingerprint density at radius 1 is 1.33 bits per heavy atom. The Hall–Kier alpha value is -1.35. The van der Waals surface area contributed by atoms with Gasteiger partial charge in [-0.1, -0.05) is 6.42 Å². The molecule has 0 heterocycles. The summed E-state index contributed by atoms with van der Waals surface area (Å²) in [5.74, 6) is 0.638. The lowest BCUT2D eigenvalue weighted by Crippen LogP contribution is -2.41. The second-order valence-electron chi connectivity index (χ2n) is 5.26. The molecular formula is C15H20O3. The highest BCUT2D eigenvalue weighted by atomic mass is 16.5. The molecule has 3 nitrogen and oxygen atoms in total. The van der Waals surface area contributed by atoms with Gasteiger partial charge in [0, 0.05) is 0 Å². The van der Waals surface area contributed by atoms with Crippen LogP contribution in [0.25, 0.3) is 0 Å². The van der Waals surface area contributed by atoms with Gasteiger partial charge in [0.05, 0.1) is 24.7 Å². The average molecular weight is 248 g/mol. The van der Waals surface area contributed by atoms with Gasteiger partial charge in [-0.25, -0.2) is 0 Å². The van der Waals surface area contributed by atoms with Gasteiger partial charge in [0.15, 0.2) is 5.78 Å². The molecule has 18 heavy (non-hydrogen) atoms. The first-order valence-electron chi connectivity index (χ1n) is 6.35. The summed E-state index contributed by atoms with van der Waals surface area (Å²) in [6, 6.07) is 3.78. The normalized spacial score (nSPS) is 17.1. The van der Waals surface area contributed by atoms with Crippen LogP contribution in [0, 0.1) is 19.3 Å². The minimum absolute atomic E-state index is 0.0243. The molecule has 1 saturated carbocycles. The standard InChI is InChI=1S/C15H20O3/c1-10-7-12(13(18-3)8-11(10)2)14(17)15(9-16)5-4-6-15/h7-8,16H,4-6,9H2,1-3H3. The van der Waals surface area contributed by atoms with E-state index in [0.29, 0.717) is 11.3 Å². The maximum Gasteiger partial charge on any atom is 0.175 e. The molecule has 0 aromatic heterocycles. The molecule has 1 aromatic rings. The third-order valence-corrected chi connectivity index (χ3v) is 4.16. The molecule has 0 unspecified atom stereocenters. The van der Waals surface area contributed by atoms with Crippen LogP contribution < -0.4 is 4.74 Å². The SMILES string of the molecule is COc1cc(C)c(C)cc1C(=O)C1(CO)CCC1. The van der Waals surface area contributed by atoms with Crippen molar-refractivity contribution < 1.29 is 14.6 Å². The molecule has 0 saturated heterocycles. The number of rotatable bonds is 4. The third-order valence-electron chi connectivity index (χ3n) is 4.16. The lowest BCUT2D eigenvalue weighted by molar-refractivity contribution is 0.0345. The van der Waals surface area contributed by atoms with Crippen molar-refractivity contribution in [1.82, 2.24) is 0 Å². The van der Waals surface area contributed by atoms with E-state index in [4.69, 9.17) is 4.74 Å². The third kappa shape index (κ3) is 1.93. The zero-order valence-electron chi connectivity index (χ0n) is 11.2. The van der Waals surface area contributed by atoms with Crippen molar-refractivity contribution in [3.63, 3.8) is 0 Å². The van der Waals surface area contributed by atoms with Crippen LogP contribution in [0.4, 0.5) is 0 Å². The van der Waals surface area contributed by atoms with Gasteiger partial charge >= 0.3 is 0 Å². The molecule has 0 atom stereocenters. The Morgan fingerprint density at radius 3 is 2.39 bits per heavy atom. The van der Waals surface area contributed by atoms with E-state index in [9.17, 15) is 9.90 Å². The average Bonchev–Trinajstić information content (AvgIpc) is 2.31. The lowest BCUT2D eigenvalue weighted by Gasteiger charge is -2.38. The summed E-state index contributed by atoms with van der Waals surface area (Å²) in [5.41, 5.74) is 2.23. The minimum Gasteiger partial charge on any atom is -0.496 e. The molecular weight excluding hydrogens is 228 g/mol. The number of methoxy groups -OCH3 is 1. The number of aliphatic hydroxyl groups is 1. The predicted octanol–water partition coefficient (Wildman–Crippen LogP) is 2.66. The molecule has 0 bridgehead atoms. The molecule has 0 radical (unpaired) electrons. The molecule has 1 N–H and O–H groups in total. The van der Waals surface area contributed by atoms with Crippen LogP contribution in [0.2, 0.25) is 0 Å². The number of carbonyl (C=O) groups is 1. The van der Waals surface area contributed by atoms with E-state index in [1.54, 1.807) is 7.11 Å². The number of ketones is 1. The summed E-state index contributed by atoms with van der Waals surface area (Å²) in [4.78, 5) is 12.6. The van der Waals surface area contributed by atoms with Gasteiger partial charge < -0.3 is 9.84 Å². The number of aryl methyl sites for hydroxylation is 2. The van der Waals surface area contributed by atoms with Crippen molar-refractivity contribution >= 4 is 5.78 Å². The van der Waals surface area contributed by atoms with Crippen molar-refractivity contribution in [3.8, 4) is 5.75 Å². The molecule has 3 heteroatoms. The van der Waals surface area contributed by atoms with Gasteiger partial charge in [-0.15, -0.1) is 0 Å². The minimum atomic E-state index is -0.561. The summed E-state index contributed by atoms with van der Waals surface area (Å²) < 4.78 is 5.31. The van der Waals surface area contributed by atoms with Gasteiger partial charge in [0.1, 0.15) is 5.75 Å². The molecule has 0 amide bonds. The number of hydrogen-bond acceptors (Lipinski definition) is 3. The highest BCUT2D eigenvalue weighted by Crippen LogP contribution is 2.44. The molecule has 1 aromatic carbocycles. The topological polar surface area (TPSA) is 46.5 Å². The molecule has 2 rings (SSSR count). The van der Waals surface area contributed by atoms with E-state index in [2.05, 4.69) is 0 Å². The smallest absolute Gasteiger partial charge is 0.175 e. The largest absolute Gasteiger partial charge is 0.496 e. The van der Waals surface area contributed by atoms with Crippen LogP contribution in [0.5, 0.6) is 5.75 Å². The van der Waals surface area contributed by atoms with E-state index in [1.165, 1.54) is 0 Å². The Bertz CT molecular complexity index is 467. The maximum absolute atomic E-state index is 12.6. The van der Waals surface area contributed by atoms with Crippen LogP contribution in [0.3, 0.4) is 0 Å². The number of carbonyl (C=O) groups excluding carboxylic acids is 1. The van der Waals surface area contributed by atoms with Crippen LogP contribution in [-0.2, 0) is 0 Å². The van der Waals surface area contributed by atoms with Crippen molar-refractivity contribution in [2.24, 2.45) is 5.41 Å². The van der Waals surface area contributed by atoms with Gasteiger partial charge in [-0.05, 0) is 49.9 Å². The Labute approximate surface area is 108 Å². The first-order valence-corrected chi connectivity index (χ1v) is 6.35. The summed E-state index contributed by atoms with van der Waals surface area (Å²) >= 11 is 0. The number of ether oxygens (including phenoxy) is 1. The Balaban J connectivity index is 2.44. The molecule has 0 aliphatic heterocycles. The fraction of sp³-hybridized carbons (Fsp3) is 0.533. The van der Waals surface area contributed by atoms with Crippen molar-refractivity contribution in [2.45, 2.75) is 33.1 Å². The number of benzene rings is 1. The fourth-order valence-corrected chi connectivity index (χ4v) is 2.48. The van der Waals surface area contributed by atoms with Crippen LogP contribution in [-0.4, -0.2) is 24.6 Å². The second kappa shape index (κ2) is 4.73. The van der Waals surface area contributed by atoms with Crippen LogP contribution in [0.1, 0.15) is 40.7 Å². The first kappa shape index (κ1) is 13.1. The number of hydrogen-bond donors (Lipinski definition) is 1. The van der Waals surface area contributed by atoms with Crippen LogP contribution in [0.15, 0.2) is 12.1 Å². The Kier molecular flexibility index (Phi) is 3.44. The van der Waals surface area contributed by atoms with Gasteiger partial charge in [-0.2, -0.15) is 0 Å². The lowest BCUT2D eigenvalue weighted by atomic mass is 9.65. The molecule has 1 fully saturated rings. The monoisotopic (exact) mass is 248 g/mol. The van der Waals surface area contributed by atoms with Crippen LogP contribution >= 0.6 is 0 Å². The van der Waals surface area contributed by atoms with Crippen molar-refractivity contribution in [1.29, 1.82) is 0 Å². The molecule has 0 spiro atoms. The van der Waals surface area contributed by atoms with E-state index in [1.807, 2.05) is 26.0 Å². The van der Waals surface area contributed by atoms with Crippen molar-refractivity contribution in [2.75, 3.05) is 13.7 Å². The van der Waals surface area contributed by atoms with Gasteiger partial charge in [0.25, 0.3) is 0 Å². The summed E-state index contributed by atoms with van der Waals surface area (Å²) in [7, 11) is 1.58. The maximum atomic E-state index is 12.6. The highest BCUT2D eigenvalue weighted by Gasteiger charge is 2.44. The quantitative estimate of drug-likeness (QED) is 0.833. The zero-order valence-corrected chi connectivity index (χ0v) is 11.2. The molecule has 1 aliphatic rings. The van der Waals surface area contributed by atoms with Gasteiger partial charge in [0.2, 0.25) is 0 Å². The van der Waals surface area contributed by atoms with E-state index in [-0.39, 0.29) is 12.4 Å². The second-order valence-corrected chi connectivity index (χ2v) is 5.26. The van der Waals surface area contributed by atoms with E-state index < -0.39 is 5.41 Å². The van der Waals surface area contributed by atoms with E-state index >= 15 is 0 Å². The summed E-state index contributed by atoms with van der Waals surface area (Å²) in [5, 5.41) is 9.49. The number of Topliss-reactive ketones (excluding diaryl/α,β-unsaturated/α-hetero) is 1. The van der Waals surface area contributed by atoms with Gasteiger partial charge in [-0.3, -0.25) is 4.79 Å². The number of aliphatic hydroxyl groups excluding tert-OH is 1.